The maximum Gasteiger partial charge on any atom is 0.0443 e. The summed E-state index contributed by atoms with van der Waals surface area (Å²) >= 11 is 5.82. The first-order chi connectivity index (χ1) is 6.33. The van der Waals surface area contributed by atoms with Crippen LogP contribution in [0.4, 0.5) is 0 Å². The number of benzene rings is 1. The van der Waals surface area contributed by atoms with E-state index in [1.165, 1.54) is 5.56 Å². The molecule has 0 spiro atoms. The van der Waals surface area contributed by atoms with Crippen LogP contribution in [-0.2, 0) is 6.54 Å². The van der Waals surface area contributed by atoms with E-state index in [0.29, 0.717) is 0 Å². The molecule has 0 aliphatic carbocycles. The molecule has 0 bridgehead atoms. The van der Waals surface area contributed by atoms with Crippen LogP contribution in [0.25, 0.3) is 0 Å². The molecule has 0 fully saturated rings. The molecule has 0 atom stereocenters. The molecule has 1 aromatic rings. The Morgan fingerprint density at radius 3 is 2.79 bits per heavy atom. The first-order valence-corrected chi connectivity index (χ1v) is 4.77. The van der Waals surface area contributed by atoms with Gasteiger partial charge >= 0.3 is 0 Å². The average Bonchev–Trinajstić information content (AvgIpc) is 2.13. The Kier molecular flexibility index (Phi) is 7.90. The highest BCUT2D eigenvalue weighted by atomic mass is 35.5. The fourth-order valence-electron chi connectivity index (χ4n) is 1.08. The van der Waals surface area contributed by atoms with Crippen LogP contribution < -0.4 is 5.32 Å². The van der Waals surface area contributed by atoms with Crippen molar-refractivity contribution in [2.75, 3.05) is 13.2 Å². The summed E-state index contributed by atoms with van der Waals surface area (Å²) in [5, 5.41) is 12.5. The standard InChI is InChI=1S/C10H14ClNO.ClH/c11-10-4-1-3-9(7-10)8-12-5-2-6-13;/h1,3-4,7,12-13H,2,5-6,8H2;1H. The van der Waals surface area contributed by atoms with Crippen molar-refractivity contribution >= 4 is 24.0 Å². The van der Waals surface area contributed by atoms with Gasteiger partial charge in [0.05, 0.1) is 0 Å². The first-order valence-electron chi connectivity index (χ1n) is 4.39. The highest BCUT2D eigenvalue weighted by Gasteiger charge is 1.92. The van der Waals surface area contributed by atoms with E-state index in [9.17, 15) is 0 Å². The molecule has 2 nitrogen and oxygen atoms in total. The molecule has 0 saturated carbocycles. The van der Waals surface area contributed by atoms with Crippen LogP contribution in [-0.4, -0.2) is 18.3 Å². The molecule has 2 N–H and O–H groups in total. The van der Waals surface area contributed by atoms with Crippen LogP contribution in [0.2, 0.25) is 5.02 Å². The van der Waals surface area contributed by atoms with Gasteiger partial charge in [-0.25, -0.2) is 0 Å². The Morgan fingerprint density at radius 1 is 1.36 bits per heavy atom. The molecule has 0 aromatic heterocycles. The Bertz CT molecular complexity index is 256. The van der Waals surface area contributed by atoms with Gasteiger partial charge in [0.25, 0.3) is 0 Å². The lowest BCUT2D eigenvalue weighted by molar-refractivity contribution is 0.286. The molecule has 0 aliphatic heterocycles. The normalized spacial score (nSPS) is 9.57. The predicted octanol–water partition coefficient (Wildman–Crippen LogP) is 2.23. The molecule has 1 aromatic carbocycles. The van der Waals surface area contributed by atoms with E-state index in [0.717, 1.165) is 24.5 Å². The van der Waals surface area contributed by atoms with Gasteiger partial charge in [0, 0.05) is 18.2 Å². The molecule has 4 heteroatoms. The third-order valence-corrected chi connectivity index (χ3v) is 1.96. The van der Waals surface area contributed by atoms with Crippen LogP contribution in [0.15, 0.2) is 24.3 Å². The van der Waals surface area contributed by atoms with E-state index in [1.807, 2.05) is 24.3 Å². The van der Waals surface area contributed by atoms with E-state index in [1.54, 1.807) is 0 Å². The first kappa shape index (κ1) is 13.7. The lowest BCUT2D eigenvalue weighted by atomic mass is 10.2. The molecule has 80 valence electrons. The Hall–Kier alpha value is -0.280. The monoisotopic (exact) mass is 235 g/mol. The Labute approximate surface area is 95.7 Å². The SMILES string of the molecule is Cl.OCCCNCc1cccc(Cl)c1. The van der Waals surface area contributed by atoms with Gasteiger partial charge in [-0.05, 0) is 30.7 Å². The third-order valence-electron chi connectivity index (χ3n) is 1.73. The summed E-state index contributed by atoms with van der Waals surface area (Å²) in [6.45, 7) is 1.88. The number of hydrogen-bond donors (Lipinski definition) is 2. The quantitative estimate of drug-likeness (QED) is 0.768. The molecule has 0 unspecified atom stereocenters. The minimum Gasteiger partial charge on any atom is -0.396 e. The fourth-order valence-corrected chi connectivity index (χ4v) is 1.30. The zero-order valence-electron chi connectivity index (χ0n) is 7.87. The fraction of sp³-hybridized carbons (Fsp3) is 0.400. The van der Waals surface area contributed by atoms with Crippen molar-refractivity contribution in [3.63, 3.8) is 0 Å². The van der Waals surface area contributed by atoms with Gasteiger partial charge in [0.1, 0.15) is 0 Å². The second-order valence-electron chi connectivity index (χ2n) is 2.88. The maximum atomic E-state index is 8.55. The van der Waals surface area contributed by atoms with Crippen LogP contribution in [0, 0.1) is 0 Å². The predicted molar refractivity (Wildman–Crippen MR) is 62.1 cm³/mol. The van der Waals surface area contributed by atoms with Crippen molar-refractivity contribution in [2.45, 2.75) is 13.0 Å². The second-order valence-corrected chi connectivity index (χ2v) is 3.32. The van der Waals surface area contributed by atoms with Crippen LogP contribution in [0.1, 0.15) is 12.0 Å². The maximum absolute atomic E-state index is 8.55. The summed E-state index contributed by atoms with van der Waals surface area (Å²) < 4.78 is 0. The molecule has 1 rings (SSSR count). The van der Waals surface area contributed by atoms with Gasteiger partial charge in [-0.2, -0.15) is 0 Å². The summed E-state index contributed by atoms with van der Waals surface area (Å²) in [6, 6.07) is 7.76. The molecule has 14 heavy (non-hydrogen) atoms. The number of hydrogen-bond acceptors (Lipinski definition) is 2. The average molecular weight is 236 g/mol. The number of nitrogens with one attached hydrogen (secondary N) is 1. The summed E-state index contributed by atoms with van der Waals surface area (Å²) in [5.74, 6) is 0. The topological polar surface area (TPSA) is 32.3 Å². The number of aliphatic hydroxyl groups excluding tert-OH is 1. The van der Waals surface area contributed by atoms with Gasteiger partial charge in [-0.1, -0.05) is 23.7 Å². The lowest BCUT2D eigenvalue weighted by Crippen LogP contribution is -2.15. The van der Waals surface area contributed by atoms with E-state index >= 15 is 0 Å². The summed E-state index contributed by atoms with van der Waals surface area (Å²) in [7, 11) is 0. The van der Waals surface area contributed by atoms with E-state index in [2.05, 4.69) is 5.32 Å². The van der Waals surface area contributed by atoms with Crippen LogP contribution in [0.3, 0.4) is 0 Å². The van der Waals surface area contributed by atoms with Crippen LogP contribution in [0.5, 0.6) is 0 Å². The molecule has 0 radical (unpaired) electrons. The van der Waals surface area contributed by atoms with E-state index in [4.69, 9.17) is 16.7 Å². The van der Waals surface area contributed by atoms with Crippen molar-refractivity contribution < 1.29 is 5.11 Å². The smallest absolute Gasteiger partial charge is 0.0443 e. The summed E-state index contributed by atoms with van der Waals surface area (Å²) in [5.41, 5.74) is 1.17. The molecule has 0 saturated heterocycles. The highest BCUT2D eigenvalue weighted by Crippen LogP contribution is 2.09. The van der Waals surface area contributed by atoms with Crippen molar-refractivity contribution in [2.24, 2.45) is 0 Å². The summed E-state index contributed by atoms with van der Waals surface area (Å²) in [6.07, 6.45) is 0.792. The van der Waals surface area contributed by atoms with E-state index in [-0.39, 0.29) is 19.0 Å². The molecular formula is C10H15Cl2NO. The molecular weight excluding hydrogens is 221 g/mol. The molecule has 0 aliphatic rings. The van der Waals surface area contributed by atoms with Gasteiger partial charge in [-0.15, -0.1) is 12.4 Å². The minimum atomic E-state index is 0. The highest BCUT2D eigenvalue weighted by molar-refractivity contribution is 6.30. The summed E-state index contributed by atoms with van der Waals surface area (Å²) in [4.78, 5) is 0. The van der Waals surface area contributed by atoms with Crippen molar-refractivity contribution in [3.05, 3.63) is 34.9 Å². The largest absolute Gasteiger partial charge is 0.396 e. The van der Waals surface area contributed by atoms with Crippen molar-refractivity contribution in [1.29, 1.82) is 0 Å². The molecule has 0 amide bonds. The van der Waals surface area contributed by atoms with Gasteiger partial charge < -0.3 is 10.4 Å². The number of halogens is 2. The number of aliphatic hydroxyl groups is 1. The van der Waals surface area contributed by atoms with Gasteiger partial charge in [-0.3, -0.25) is 0 Å². The van der Waals surface area contributed by atoms with Crippen molar-refractivity contribution in [1.82, 2.24) is 5.32 Å². The van der Waals surface area contributed by atoms with Crippen molar-refractivity contribution in [3.8, 4) is 0 Å². The van der Waals surface area contributed by atoms with E-state index < -0.39 is 0 Å². The third kappa shape index (κ3) is 5.45. The Morgan fingerprint density at radius 2 is 2.14 bits per heavy atom. The number of rotatable bonds is 5. The zero-order valence-corrected chi connectivity index (χ0v) is 9.44. The second kappa shape index (κ2) is 8.06. The minimum absolute atomic E-state index is 0. The van der Waals surface area contributed by atoms with Gasteiger partial charge in [0.15, 0.2) is 0 Å². The van der Waals surface area contributed by atoms with Crippen LogP contribution >= 0.6 is 24.0 Å². The lowest BCUT2D eigenvalue weighted by Gasteiger charge is -2.03. The Balaban J connectivity index is 0.00000169. The van der Waals surface area contributed by atoms with Gasteiger partial charge in [0.2, 0.25) is 0 Å². The zero-order chi connectivity index (χ0) is 9.52. The molecule has 0 heterocycles.